The molecule has 1 heterocycles. The molecule has 1 N–H and O–H groups in total. The maximum atomic E-state index is 12.4. The molecule has 25 heavy (non-hydrogen) atoms. The molecule has 0 saturated heterocycles. The summed E-state index contributed by atoms with van der Waals surface area (Å²) in [6.45, 7) is 0. The Morgan fingerprint density at radius 3 is 2.72 bits per heavy atom. The number of benzene rings is 1. The second-order valence-corrected chi connectivity index (χ2v) is 9.25. The first-order valence-electron chi connectivity index (χ1n) is 7.98. The van der Waals surface area contributed by atoms with Crippen molar-refractivity contribution in [1.82, 2.24) is 10.2 Å². The van der Waals surface area contributed by atoms with Gasteiger partial charge in [0.1, 0.15) is 0 Å². The van der Waals surface area contributed by atoms with E-state index in [1.54, 1.807) is 0 Å². The van der Waals surface area contributed by atoms with Gasteiger partial charge in [-0.1, -0.05) is 64.5 Å². The van der Waals surface area contributed by atoms with Crippen molar-refractivity contribution in [2.45, 2.75) is 22.9 Å². The van der Waals surface area contributed by atoms with E-state index >= 15 is 0 Å². The Kier molecular flexibility index (Phi) is 5.04. The van der Waals surface area contributed by atoms with Gasteiger partial charge >= 0.3 is 0 Å². The van der Waals surface area contributed by atoms with Gasteiger partial charge in [0.15, 0.2) is 4.34 Å². The van der Waals surface area contributed by atoms with Gasteiger partial charge in [0.05, 0.1) is 0 Å². The van der Waals surface area contributed by atoms with Crippen LogP contribution in [0.25, 0.3) is 0 Å². The third-order valence-electron chi connectivity index (χ3n) is 4.65. The van der Waals surface area contributed by atoms with E-state index in [-0.39, 0.29) is 11.8 Å². The standard InChI is InChI=1S/C17H15Cl2N3OS2/c18-13-2-1-3-14(19)12(13)8-24-17-22-21-16(25-17)20-15(23)11-7-9-4-5-10(11)6-9/h1-5,9-11H,6-8H2,(H,20,21,23)/t9-,10+,11-/m1/s1. The van der Waals surface area contributed by atoms with Gasteiger partial charge in [0, 0.05) is 21.7 Å². The second kappa shape index (κ2) is 7.27. The highest BCUT2D eigenvalue weighted by Gasteiger charge is 2.40. The Hall–Kier alpha value is -1.08. The molecule has 2 aliphatic rings. The van der Waals surface area contributed by atoms with Crippen molar-refractivity contribution in [1.29, 1.82) is 0 Å². The molecule has 4 rings (SSSR count). The molecule has 4 nitrogen and oxygen atoms in total. The smallest absolute Gasteiger partial charge is 0.229 e. The summed E-state index contributed by atoms with van der Waals surface area (Å²) in [5, 5.41) is 13.0. The molecule has 2 bridgehead atoms. The van der Waals surface area contributed by atoms with Crippen LogP contribution in [0, 0.1) is 17.8 Å². The molecular formula is C17H15Cl2N3OS2. The number of hydrogen-bond donors (Lipinski definition) is 1. The van der Waals surface area contributed by atoms with Gasteiger partial charge in [-0.25, -0.2) is 0 Å². The van der Waals surface area contributed by atoms with Crippen molar-refractivity contribution in [2.24, 2.45) is 17.8 Å². The molecule has 0 spiro atoms. The monoisotopic (exact) mass is 411 g/mol. The van der Waals surface area contributed by atoms with Gasteiger partial charge in [-0.2, -0.15) is 0 Å². The Morgan fingerprint density at radius 1 is 1.24 bits per heavy atom. The minimum Gasteiger partial charge on any atom is -0.300 e. The third-order valence-corrected chi connectivity index (χ3v) is 7.36. The fourth-order valence-electron chi connectivity index (χ4n) is 3.40. The lowest BCUT2D eigenvalue weighted by Crippen LogP contribution is -2.25. The highest BCUT2D eigenvalue weighted by molar-refractivity contribution is 8.00. The summed E-state index contributed by atoms with van der Waals surface area (Å²) in [4.78, 5) is 12.4. The first-order valence-corrected chi connectivity index (χ1v) is 10.5. The first kappa shape index (κ1) is 17.3. The number of aromatic nitrogens is 2. The summed E-state index contributed by atoms with van der Waals surface area (Å²) >= 11 is 15.2. The van der Waals surface area contributed by atoms with Crippen molar-refractivity contribution in [3.8, 4) is 0 Å². The van der Waals surface area contributed by atoms with Crippen LogP contribution in [0.3, 0.4) is 0 Å². The largest absolute Gasteiger partial charge is 0.300 e. The van der Waals surface area contributed by atoms with E-state index < -0.39 is 0 Å². The Morgan fingerprint density at radius 2 is 2.04 bits per heavy atom. The SMILES string of the molecule is O=C(Nc1nnc(SCc2c(Cl)cccc2Cl)s1)[C@@H]1C[C@@H]2C=C[C@H]1C2. The highest BCUT2D eigenvalue weighted by atomic mass is 35.5. The number of carbonyl (C=O) groups is 1. The molecule has 2 aliphatic carbocycles. The average molecular weight is 412 g/mol. The molecule has 1 saturated carbocycles. The van der Waals surface area contributed by atoms with E-state index in [1.165, 1.54) is 23.1 Å². The number of anilines is 1. The summed E-state index contributed by atoms with van der Waals surface area (Å²) in [7, 11) is 0. The number of allylic oxidation sites excluding steroid dienone is 2. The molecule has 0 aliphatic heterocycles. The number of rotatable bonds is 5. The van der Waals surface area contributed by atoms with Crippen LogP contribution in [0.1, 0.15) is 18.4 Å². The fraction of sp³-hybridized carbons (Fsp3) is 0.353. The molecule has 0 unspecified atom stereocenters. The second-order valence-electron chi connectivity index (χ2n) is 6.24. The van der Waals surface area contributed by atoms with Gasteiger partial charge in [0.25, 0.3) is 0 Å². The van der Waals surface area contributed by atoms with E-state index in [2.05, 4.69) is 27.7 Å². The summed E-state index contributed by atoms with van der Waals surface area (Å²) in [6, 6.07) is 5.46. The zero-order valence-corrected chi connectivity index (χ0v) is 16.3. The Bertz CT molecular complexity index is 819. The molecule has 1 amide bonds. The van der Waals surface area contributed by atoms with E-state index in [0.717, 1.165) is 22.7 Å². The third kappa shape index (κ3) is 3.72. The van der Waals surface area contributed by atoms with Crippen molar-refractivity contribution in [3.05, 3.63) is 46.0 Å². The van der Waals surface area contributed by atoms with Gasteiger partial charge in [-0.3, -0.25) is 4.79 Å². The van der Waals surface area contributed by atoms with Crippen molar-refractivity contribution in [3.63, 3.8) is 0 Å². The minimum atomic E-state index is 0.0544. The average Bonchev–Trinajstić information content (AvgIpc) is 3.31. The van der Waals surface area contributed by atoms with Crippen LogP contribution in [-0.2, 0) is 10.5 Å². The molecular weight excluding hydrogens is 397 g/mol. The highest BCUT2D eigenvalue weighted by Crippen LogP contribution is 2.44. The lowest BCUT2D eigenvalue weighted by atomic mass is 9.93. The zero-order valence-electron chi connectivity index (χ0n) is 13.1. The molecule has 130 valence electrons. The zero-order chi connectivity index (χ0) is 17.4. The van der Waals surface area contributed by atoms with Crippen LogP contribution in [0.15, 0.2) is 34.7 Å². The van der Waals surface area contributed by atoms with Crippen LogP contribution >= 0.6 is 46.3 Å². The maximum Gasteiger partial charge on any atom is 0.229 e. The molecule has 1 aromatic carbocycles. The van der Waals surface area contributed by atoms with Crippen LogP contribution < -0.4 is 5.32 Å². The Labute approximate surface area is 164 Å². The number of nitrogens with one attached hydrogen (secondary N) is 1. The normalized spacial score (nSPS) is 24.0. The molecule has 8 heteroatoms. The van der Waals surface area contributed by atoms with Crippen LogP contribution in [0.5, 0.6) is 0 Å². The number of carbonyl (C=O) groups excluding carboxylic acids is 1. The summed E-state index contributed by atoms with van der Waals surface area (Å²) in [5.41, 5.74) is 0.880. The number of nitrogens with zero attached hydrogens (tertiary/aromatic N) is 2. The lowest BCUT2D eigenvalue weighted by Gasteiger charge is -2.16. The van der Waals surface area contributed by atoms with E-state index in [4.69, 9.17) is 23.2 Å². The summed E-state index contributed by atoms with van der Waals surface area (Å²) in [5.74, 6) is 1.68. The van der Waals surface area contributed by atoms with Crippen LogP contribution in [-0.4, -0.2) is 16.1 Å². The lowest BCUT2D eigenvalue weighted by molar-refractivity contribution is -0.120. The number of fused-ring (bicyclic) bond motifs is 2. The van der Waals surface area contributed by atoms with Gasteiger partial charge in [0.2, 0.25) is 11.0 Å². The Balaban J connectivity index is 1.36. The van der Waals surface area contributed by atoms with Gasteiger partial charge in [-0.05, 0) is 42.4 Å². The van der Waals surface area contributed by atoms with E-state index in [9.17, 15) is 4.79 Å². The molecule has 2 aromatic rings. The van der Waals surface area contributed by atoms with E-state index in [1.807, 2.05) is 18.2 Å². The van der Waals surface area contributed by atoms with Gasteiger partial charge in [-0.15, -0.1) is 10.2 Å². The number of halogens is 2. The number of amides is 1. The molecule has 1 fully saturated rings. The summed E-state index contributed by atoms with van der Waals surface area (Å²) in [6.07, 6.45) is 6.45. The van der Waals surface area contributed by atoms with Crippen LogP contribution in [0.2, 0.25) is 10.0 Å². The minimum absolute atomic E-state index is 0.0544. The topological polar surface area (TPSA) is 54.9 Å². The van der Waals surface area contributed by atoms with Crippen LogP contribution in [0.4, 0.5) is 5.13 Å². The van der Waals surface area contributed by atoms with Crippen molar-refractivity contribution in [2.75, 3.05) is 5.32 Å². The maximum absolute atomic E-state index is 12.4. The predicted molar refractivity (Wildman–Crippen MR) is 103 cm³/mol. The van der Waals surface area contributed by atoms with E-state index in [0.29, 0.717) is 32.8 Å². The first-order chi connectivity index (χ1) is 12.1. The summed E-state index contributed by atoms with van der Waals surface area (Å²) < 4.78 is 0.777. The quantitative estimate of drug-likeness (QED) is 0.412. The van der Waals surface area contributed by atoms with Crippen molar-refractivity contribution >= 4 is 57.3 Å². The number of thioether (sulfide) groups is 1. The fourth-order valence-corrected chi connectivity index (χ4v) is 5.90. The van der Waals surface area contributed by atoms with Crippen molar-refractivity contribution < 1.29 is 4.79 Å². The molecule has 3 atom stereocenters. The number of hydrogen-bond acceptors (Lipinski definition) is 5. The predicted octanol–water partition coefficient (Wildman–Crippen LogP) is 5.29. The molecule has 1 aromatic heterocycles. The molecule has 0 radical (unpaired) electrons. The van der Waals surface area contributed by atoms with Gasteiger partial charge < -0.3 is 5.32 Å².